The van der Waals surface area contributed by atoms with Crippen LogP contribution in [0.5, 0.6) is 0 Å². The number of rotatable bonds is 6. The smallest absolute Gasteiger partial charge is 0.255 e. The zero-order chi connectivity index (χ0) is 24.3. The highest BCUT2D eigenvalue weighted by atomic mass is 32.2. The zero-order valence-electron chi connectivity index (χ0n) is 18.0. The lowest BCUT2D eigenvalue weighted by Gasteiger charge is -2.34. The molecule has 0 bridgehead atoms. The van der Waals surface area contributed by atoms with E-state index >= 15 is 0 Å². The molecule has 1 heterocycles. The third-order valence-electron chi connectivity index (χ3n) is 5.60. The molecule has 0 spiro atoms. The number of amides is 1. The van der Waals surface area contributed by atoms with Gasteiger partial charge in [-0.1, -0.05) is 36.4 Å². The minimum Gasteiger partial charge on any atom is -0.319 e. The SMILES string of the molecule is O=C(Nc1ccc(F)c(F)c1F)c1cccc(S(=O)(=O)N2CCN(Cc3ccccc3)CC2)c1. The van der Waals surface area contributed by atoms with Gasteiger partial charge in [0.15, 0.2) is 17.5 Å². The maximum Gasteiger partial charge on any atom is 0.255 e. The third-order valence-corrected chi connectivity index (χ3v) is 7.49. The molecule has 0 saturated carbocycles. The van der Waals surface area contributed by atoms with Crippen LogP contribution in [0.4, 0.5) is 18.9 Å². The van der Waals surface area contributed by atoms with E-state index in [4.69, 9.17) is 0 Å². The first-order chi connectivity index (χ1) is 16.3. The Morgan fingerprint density at radius 1 is 0.853 bits per heavy atom. The Hall–Kier alpha value is -3.21. The minimum absolute atomic E-state index is 0.0621. The van der Waals surface area contributed by atoms with Gasteiger partial charge in [-0.15, -0.1) is 0 Å². The molecule has 1 aliphatic rings. The Morgan fingerprint density at radius 3 is 2.26 bits per heavy atom. The number of benzene rings is 3. The second-order valence-electron chi connectivity index (χ2n) is 7.87. The highest BCUT2D eigenvalue weighted by Gasteiger charge is 2.29. The van der Waals surface area contributed by atoms with Gasteiger partial charge >= 0.3 is 0 Å². The zero-order valence-corrected chi connectivity index (χ0v) is 18.9. The molecule has 4 rings (SSSR count). The summed E-state index contributed by atoms with van der Waals surface area (Å²) in [6, 6.07) is 16.8. The molecule has 0 unspecified atom stereocenters. The van der Waals surface area contributed by atoms with E-state index in [0.717, 1.165) is 18.2 Å². The Labute approximate surface area is 195 Å². The summed E-state index contributed by atoms with van der Waals surface area (Å²) in [5, 5.41) is 2.15. The molecule has 6 nitrogen and oxygen atoms in total. The molecule has 1 fully saturated rings. The molecule has 34 heavy (non-hydrogen) atoms. The summed E-state index contributed by atoms with van der Waals surface area (Å²) in [5.41, 5.74) is 0.537. The van der Waals surface area contributed by atoms with Crippen LogP contribution in [0.25, 0.3) is 0 Å². The van der Waals surface area contributed by atoms with E-state index in [1.807, 2.05) is 30.3 Å². The van der Waals surface area contributed by atoms with Crippen LogP contribution in [-0.4, -0.2) is 49.7 Å². The van der Waals surface area contributed by atoms with Gasteiger partial charge in [0.1, 0.15) is 0 Å². The second kappa shape index (κ2) is 9.96. The Balaban J connectivity index is 1.44. The average molecular weight is 490 g/mol. The van der Waals surface area contributed by atoms with Crippen molar-refractivity contribution in [3.05, 3.63) is 95.3 Å². The molecule has 0 aliphatic carbocycles. The number of nitrogens with zero attached hydrogens (tertiary/aromatic N) is 2. The van der Waals surface area contributed by atoms with Crippen LogP contribution in [0.3, 0.4) is 0 Å². The minimum atomic E-state index is -3.86. The van der Waals surface area contributed by atoms with Crippen molar-refractivity contribution in [2.75, 3.05) is 31.5 Å². The highest BCUT2D eigenvalue weighted by molar-refractivity contribution is 7.89. The maximum absolute atomic E-state index is 13.9. The first-order valence-corrected chi connectivity index (χ1v) is 12.0. The molecule has 0 atom stereocenters. The van der Waals surface area contributed by atoms with E-state index in [1.54, 1.807) is 0 Å². The number of anilines is 1. The van der Waals surface area contributed by atoms with Gasteiger partial charge in [-0.05, 0) is 35.9 Å². The molecule has 1 N–H and O–H groups in total. The van der Waals surface area contributed by atoms with Crippen molar-refractivity contribution in [2.24, 2.45) is 0 Å². The van der Waals surface area contributed by atoms with Crippen LogP contribution in [0.1, 0.15) is 15.9 Å². The Kier molecular flexibility index (Phi) is 7.01. The van der Waals surface area contributed by atoms with Crippen LogP contribution in [0.2, 0.25) is 0 Å². The molecule has 3 aromatic carbocycles. The lowest BCUT2D eigenvalue weighted by Crippen LogP contribution is -2.48. The Morgan fingerprint density at radius 2 is 1.56 bits per heavy atom. The predicted octanol–water partition coefficient (Wildman–Crippen LogP) is 3.86. The average Bonchev–Trinajstić information content (AvgIpc) is 2.85. The van der Waals surface area contributed by atoms with Gasteiger partial charge in [0, 0.05) is 38.3 Å². The number of piperazine rings is 1. The summed E-state index contributed by atoms with van der Waals surface area (Å²) in [6.45, 7) is 2.44. The second-order valence-corrected chi connectivity index (χ2v) is 9.81. The number of carbonyl (C=O) groups excluding carboxylic acids is 1. The summed E-state index contributed by atoms with van der Waals surface area (Å²) in [5.74, 6) is -5.48. The Bertz CT molecular complexity index is 1300. The number of nitrogens with one attached hydrogen (secondary N) is 1. The largest absolute Gasteiger partial charge is 0.319 e. The van der Waals surface area contributed by atoms with Gasteiger partial charge in [-0.2, -0.15) is 4.31 Å². The van der Waals surface area contributed by atoms with Crippen LogP contribution in [0, 0.1) is 17.5 Å². The fourth-order valence-electron chi connectivity index (χ4n) is 3.73. The number of halogens is 3. The normalized spacial score (nSPS) is 15.3. The summed E-state index contributed by atoms with van der Waals surface area (Å²) in [6.07, 6.45) is 0. The van der Waals surface area contributed by atoms with E-state index in [0.29, 0.717) is 32.2 Å². The van der Waals surface area contributed by atoms with Gasteiger partial charge in [0.05, 0.1) is 10.6 Å². The van der Waals surface area contributed by atoms with Gasteiger partial charge < -0.3 is 5.32 Å². The molecule has 1 saturated heterocycles. The van der Waals surface area contributed by atoms with Crippen molar-refractivity contribution < 1.29 is 26.4 Å². The summed E-state index contributed by atoms with van der Waals surface area (Å²) in [4.78, 5) is 14.6. The molecule has 1 aliphatic heterocycles. The van der Waals surface area contributed by atoms with E-state index < -0.39 is 39.1 Å². The first kappa shape index (κ1) is 23.9. The first-order valence-electron chi connectivity index (χ1n) is 10.6. The van der Waals surface area contributed by atoms with Crippen molar-refractivity contribution in [2.45, 2.75) is 11.4 Å². The molecule has 178 valence electrons. The van der Waals surface area contributed by atoms with Gasteiger partial charge in [-0.25, -0.2) is 21.6 Å². The highest BCUT2D eigenvalue weighted by Crippen LogP contribution is 2.23. The van der Waals surface area contributed by atoms with Crippen molar-refractivity contribution in [1.82, 2.24) is 9.21 Å². The summed E-state index contributed by atoms with van der Waals surface area (Å²) >= 11 is 0. The van der Waals surface area contributed by atoms with E-state index in [1.165, 1.54) is 28.6 Å². The van der Waals surface area contributed by atoms with Gasteiger partial charge in [0.2, 0.25) is 10.0 Å². The molecular formula is C24H22F3N3O3S. The van der Waals surface area contributed by atoms with Gasteiger partial charge in [-0.3, -0.25) is 9.69 Å². The number of carbonyl (C=O) groups is 1. The third kappa shape index (κ3) is 5.14. The molecule has 0 radical (unpaired) electrons. The van der Waals surface area contributed by atoms with E-state index in [2.05, 4.69) is 10.2 Å². The van der Waals surface area contributed by atoms with Gasteiger partial charge in [0.25, 0.3) is 5.91 Å². The fourth-order valence-corrected chi connectivity index (χ4v) is 5.20. The van der Waals surface area contributed by atoms with E-state index in [-0.39, 0.29) is 10.5 Å². The lowest BCUT2D eigenvalue weighted by atomic mass is 10.2. The van der Waals surface area contributed by atoms with Crippen LogP contribution in [-0.2, 0) is 16.6 Å². The maximum atomic E-state index is 13.9. The van der Waals surface area contributed by atoms with Crippen molar-refractivity contribution >= 4 is 21.6 Å². The number of hydrogen-bond donors (Lipinski definition) is 1. The molecule has 3 aromatic rings. The summed E-state index contributed by atoms with van der Waals surface area (Å²) < 4.78 is 68.1. The quantitative estimate of drug-likeness (QED) is 0.534. The fraction of sp³-hybridized carbons (Fsp3) is 0.208. The number of hydrogen-bond acceptors (Lipinski definition) is 4. The topological polar surface area (TPSA) is 69.7 Å². The molecule has 0 aromatic heterocycles. The van der Waals surface area contributed by atoms with Crippen molar-refractivity contribution in [3.63, 3.8) is 0 Å². The van der Waals surface area contributed by atoms with Crippen LogP contribution >= 0.6 is 0 Å². The van der Waals surface area contributed by atoms with Crippen molar-refractivity contribution in [1.29, 1.82) is 0 Å². The van der Waals surface area contributed by atoms with Crippen LogP contribution < -0.4 is 5.32 Å². The predicted molar refractivity (Wildman–Crippen MR) is 121 cm³/mol. The standard InChI is InChI=1S/C24H22F3N3O3S/c25-20-9-10-21(23(27)22(20)26)28-24(31)18-7-4-8-19(15-18)34(32,33)30-13-11-29(12-14-30)16-17-5-2-1-3-6-17/h1-10,15H,11-14,16H2,(H,28,31). The van der Waals surface area contributed by atoms with E-state index in [9.17, 15) is 26.4 Å². The number of sulfonamides is 1. The monoisotopic (exact) mass is 489 g/mol. The van der Waals surface area contributed by atoms with Crippen molar-refractivity contribution in [3.8, 4) is 0 Å². The molecule has 10 heteroatoms. The molecule has 1 amide bonds. The van der Waals surface area contributed by atoms with Crippen LogP contribution in [0.15, 0.2) is 71.6 Å². The lowest BCUT2D eigenvalue weighted by molar-refractivity contribution is 0.102. The summed E-state index contributed by atoms with van der Waals surface area (Å²) in [7, 11) is -3.86. The molecular weight excluding hydrogens is 467 g/mol.